The van der Waals surface area contributed by atoms with Crippen molar-refractivity contribution in [3.8, 4) is 0 Å². The van der Waals surface area contributed by atoms with Gasteiger partial charge in [-0.3, -0.25) is 9.59 Å². The summed E-state index contributed by atoms with van der Waals surface area (Å²) in [6.45, 7) is 1.61. The van der Waals surface area contributed by atoms with E-state index < -0.39 is 6.04 Å². The van der Waals surface area contributed by atoms with Crippen LogP contribution in [0.3, 0.4) is 0 Å². The number of carbonyl (C=O) groups excluding carboxylic acids is 2. The van der Waals surface area contributed by atoms with Gasteiger partial charge in [0.1, 0.15) is 6.04 Å². The van der Waals surface area contributed by atoms with Crippen LogP contribution in [0.15, 0.2) is 22.7 Å². The van der Waals surface area contributed by atoms with Crippen molar-refractivity contribution in [2.24, 2.45) is 0 Å². The zero-order valence-electron chi connectivity index (χ0n) is 9.58. The van der Waals surface area contributed by atoms with Crippen molar-refractivity contribution in [1.29, 1.82) is 0 Å². The second-order valence-electron chi connectivity index (χ2n) is 3.55. The molecule has 1 aromatic carbocycles. The van der Waals surface area contributed by atoms with Crippen LogP contribution in [0.25, 0.3) is 0 Å². The quantitative estimate of drug-likeness (QED) is 0.725. The molecule has 1 rings (SSSR count). The number of hydrogen-bond acceptors (Lipinski definition) is 3. The van der Waals surface area contributed by atoms with Crippen molar-refractivity contribution in [2.75, 3.05) is 12.8 Å². The fourth-order valence-corrected chi connectivity index (χ4v) is 1.49. The van der Waals surface area contributed by atoms with Gasteiger partial charge in [0.25, 0.3) is 5.91 Å². The molecule has 92 valence electrons. The molecule has 0 fully saturated rings. The number of likely N-dealkylation sites (N-methyl/N-ethyl adjacent to an activating group) is 1. The Morgan fingerprint density at radius 1 is 1.41 bits per heavy atom. The highest BCUT2D eigenvalue weighted by molar-refractivity contribution is 9.10. The summed E-state index contributed by atoms with van der Waals surface area (Å²) in [5.41, 5.74) is 6.56. The first kappa shape index (κ1) is 13.5. The molecular formula is C11H14BrN3O2. The Morgan fingerprint density at radius 2 is 2.06 bits per heavy atom. The molecule has 5 nitrogen and oxygen atoms in total. The standard InChI is InChI=1S/C11H14BrN3O2/c1-6(10(16)14-2)15-11(17)7-3-4-8(12)9(13)5-7/h3-6H,13H2,1-2H3,(H,14,16)(H,15,17). The van der Waals surface area contributed by atoms with Crippen LogP contribution >= 0.6 is 15.9 Å². The molecule has 0 radical (unpaired) electrons. The molecule has 1 atom stereocenters. The number of nitrogens with two attached hydrogens (primary N) is 1. The van der Waals surface area contributed by atoms with Gasteiger partial charge >= 0.3 is 0 Å². The van der Waals surface area contributed by atoms with E-state index in [1.165, 1.54) is 7.05 Å². The normalized spacial score (nSPS) is 11.7. The van der Waals surface area contributed by atoms with Crippen LogP contribution < -0.4 is 16.4 Å². The van der Waals surface area contributed by atoms with Gasteiger partial charge < -0.3 is 16.4 Å². The molecule has 0 aliphatic heterocycles. The molecule has 0 aliphatic carbocycles. The molecule has 2 amide bonds. The lowest BCUT2D eigenvalue weighted by atomic mass is 10.2. The average Bonchev–Trinajstić information content (AvgIpc) is 2.31. The molecule has 0 saturated heterocycles. The first-order chi connectivity index (χ1) is 7.95. The lowest BCUT2D eigenvalue weighted by Gasteiger charge is -2.12. The van der Waals surface area contributed by atoms with Gasteiger partial charge in [-0.15, -0.1) is 0 Å². The number of nitrogen functional groups attached to an aromatic ring is 1. The molecular weight excluding hydrogens is 286 g/mol. The van der Waals surface area contributed by atoms with Crippen molar-refractivity contribution in [1.82, 2.24) is 10.6 Å². The fourth-order valence-electron chi connectivity index (χ4n) is 1.25. The number of nitrogens with one attached hydrogen (secondary N) is 2. The minimum Gasteiger partial charge on any atom is -0.398 e. The smallest absolute Gasteiger partial charge is 0.251 e. The topological polar surface area (TPSA) is 84.2 Å². The molecule has 0 bridgehead atoms. The van der Waals surface area contributed by atoms with Gasteiger partial charge in [-0.25, -0.2) is 0 Å². The number of carbonyl (C=O) groups is 2. The van der Waals surface area contributed by atoms with E-state index in [9.17, 15) is 9.59 Å². The Balaban J connectivity index is 2.76. The molecule has 4 N–H and O–H groups in total. The number of amides is 2. The van der Waals surface area contributed by atoms with Crippen molar-refractivity contribution >= 4 is 33.4 Å². The van der Waals surface area contributed by atoms with E-state index in [1.807, 2.05) is 0 Å². The number of anilines is 1. The maximum absolute atomic E-state index is 11.8. The SMILES string of the molecule is CNC(=O)C(C)NC(=O)c1ccc(Br)c(N)c1. The van der Waals surface area contributed by atoms with E-state index in [4.69, 9.17) is 5.73 Å². The van der Waals surface area contributed by atoms with Gasteiger partial charge in [0.2, 0.25) is 5.91 Å². The van der Waals surface area contributed by atoms with Crippen molar-refractivity contribution in [3.63, 3.8) is 0 Å². The van der Waals surface area contributed by atoms with Crippen LogP contribution in [0.4, 0.5) is 5.69 Å². The number of hydrogen-bond donors (Lipinski definition) is 3. The highest BCUT2D eigenvalue weighted by Gasteiger charge is 2.15. The van der Waals surface area contributed by atoms with Crippen molar-refractivity contribution in [2.45, 2.75) is 13.0 Å². The largest absolute Gasteiger partial charge is 0.398 e. The first-order valence-corrected chi connectivity index (χ1v) is 5.82. The summed E-state index contributed by atoms with van der Waals surface area (Å²) in [6.07, 6.45) is 0. The highest BCUT2D eigenvalue weighted by atomic mass is 79.9. The summed E-state index contributed by atoms with van der Waals surface area (Å²) in [6, 6.07) is 4.29. The van der Waals surface area contributed by atoms with Crippen molar-refractivity contribution < 1.29 is 9.59 Å². The Hall–Kier alpha value is -1.56. The zero-order valence-corrected chi connectivity index (χ0v) is 11.2. The predicted molar refractivity (Wildman–Crippen MR) is 69.5 cm³/mol. The maximum atomic E-state index is 11.8. The van der Waals surface area contributed by atoms with E-state index in [0.717, 1.165) is 4.47 Å². The molecule has 0 aromatic heterocycles. The molecule has 0 saturated carbocycles. The summed E-state index contributed by atoms with van der Waals surface area (Å²) >= 11 is 3.24. The third-order valence-electron chi connectivity index (χ3n) is 2.25. The molecule has 17 heavy (non-hydrogen) atoms. The van der Waals surface area contributed by atoms with Gasteiger partial charge in [0, 0.05) is 22.8 Å². The summed E-state index contributed by atoms with van der Waals surface area (Å²) < 4.78 is 0.730. The van der Waals surface area contributed by atoms with Crippen LogP contribution in [0, 0.1) is 0 Å². The number of halogens is 1. The Kier molecular flexibility index (Phi) is 4.51. The molecule has 0 spiro atoms. The molecule has 0 heterocycles. The van der Waals surface area contributed by atoms with Gasteiger partial charge in [-0.2, -0.15) is 0 Å². The minimum atomic E-state index is -0.586. The summed E-state index contributed by atoms with van der Waals surface area (Å²) in [5, 5.41) is 5.03. The summed E-state index contributed by atoms with van der Waals surface area (Å²) in [7, 11) is 1.52. The van der Waals surface area contributed by atoms with Gasteiger partial charge in [0.15, 0.2) is 0 Å². The Bertz CT molecular complexity index is 448. The molecule has 6 heteroatoms. The molecule has 0 aliphatic rings. The van der Waals surface area contributed by atoms with E-state index in [0.29, 0.717) is 11.3 Å². The second kappa shape index (κ2) is 5.67. The predicted octanol–water partition coefficient (Wildman–Crippen LogP) is 0.896. The van der Waals surface area contributed by atoms with Gasteiger partial charge in [0.05, 0.1) is 0 Å². The first-order valence-electron chi connectivity index (χ1n) is 5.03. The zero-order chi connectivity index (χ0) is 13.0. The van der Waals surface area contributed by atoms with Crippen LogP contribution in [0.5, 0.6) is 0 Å². The summed E-state index contributed by atoms with van der Waals surface area (Å²) in [5.74, 6) is -0.580. The number of benzene rings is 1. The third kappa shape index (κ3) is 3.45. The Morgan fingerprint density at radius 3 is 2.59 bits per heavy atom. The van der Waals surface area contributed by atoms with E-state index in [1.54, 1.807) is 25.1 Å². The maximum Gasteiger partial charge on any atom is 0.251 e. The number of rotatable bonds is 3. The summed E-state index contributed by atoms with van der Waals surface area (Å²) in [4.78, 5) is 23.0. The molecule has 1 aromatic rings. The van der Waals surface area contributed by atoms with E-state index >= 15 is 0 Å². The van der Waals surface area contributed by atoms with E-state index in [2.05, 4.69) is 26.6 Å². The monoisotopic (exact) mass is 299 g/mol. The van der Waals surface area contributed by atoms with Crippen LogP contribution in [-0.4, -0.2) is 24.9 Å². The lowest BCUT2D eigenvalue weighted by Crippen LogP contribution is -2.43. The van der Waals surface area contributed by atoms with Gasteiger partial charge in [-0.1, -0.05) is 0 Å². The van der Waals surface area contributed by atoms with Crippen LogP contribution in [0.2, 0.25) is 0 Å². The third-order valence-corrected chi connectivity index (χ3v) is 2.97. The second-order valence-corrected chi connectivity index (χ2v) is 4.40. The van der Waals surface area contributed by atoms with Gasteiger partial charge in [-0.05, 0) is 41.1 Å². The highest BCUT2D eigenvalue weighted by Crippen LogP contribution is 2.20. The fraction of sp³-hybridized carbons (Fsp3) is 0.273. The van der Waals surface area contributed by atoms with E-state index in [-0.39, 0.29) is 11.8 Å². The van der Waals surface area contributed by atoms with Crippen LogP contribution in [-0.2, 0) is 4.79 Å². The lowest BCUT2D eigenvalue weighted by molar-refractivity contribution is -0.122. The van der Waals surface area contributed by atoms with Crippen LogP contribution in [0.1, 0.15) is 17.3 Å². The molecule has 1 unspecified atom stereocenters. The minimum absolute atomic E-state index is 0.247. The van der Waals surface area contributed by atoms with Crippen molar-refractivity contribution in [3.05, 3.63) is 28.2 Å². The Labute approximate surface area is 108 Å². The average molecular weight is 300 g/mol.